The number of likely N-dealkylation sites (tertiary alicyclic amines) is 1. The number of alkyl halides is 3. The maximum atomic E-state index is 12.7. The first-order valence-corrected chi connectivity index (χ1v) is 8.34. The van der Waals surface area contributed by atoms with E-state index in [2.05, 4.69) is 10.9 Å². The third-order valence-electron chi connectivity index (χ3n) is 4.60. The minimum absolute atomic E-state index is 0.0370. The summed E-state index contributed by atoms with van der Waals surface area (Å²) in [6, 6.07) is 1.95. The first kappa shape index (κ1) is 18.9. The molecule has 1 saturated heterocycles. The van der Waals surface area contributed by atoms with Gasteiger partial charge in [0.25, 0.3) is 5.69 Å². The van der Waals surface area contributed by atoms with Gasteiger partial charge in [0, 0.05) is 25.6 Å². The second kappa shape index (κ2) is 7.05. The fraction of sp³-hybridized carbons (Fsp3) is 0.500. The minimum Gasteiger partial charge on any atom is -0.342 e. The molecule has 1 aliphatic carbocycles. The van der Waals surface area contributed by atoms with Gasteiger partial charge in [0.05, 0.1) is 16.4 Å². The second-order valence-electron chi connectivity index (χ2n) is 6.74. The maximum absolute atomic E-state index is 12.7. The van der Waals surface area contributed by atoms with E-state index in [1.807, 2.05) is 0 Å². The molecule has 8 nitrogen and oxygen atoms in total. The lowest BCUT2D eigenvalue weighted by molar-refractivity contribution is -0.384. The number of benzene rings is 1. The molecule has 0 aromatic heterocycles. The highest BCUT2D eigenvalue weighted by atomic mass is 19.4. The Morgan fingerprint density at radius 1 is 1.33 bits per heavy atom. The summed E-state index contributed by atoms with van der Waals surface area (Å²) in [4.78, 5) is 35.8. The van der Waals surface area contributed by atoms with Crippen LogP contribution in [-0.4, -0.2) is 34.7 Å². The molecule has 146 valence electrons. The second-order valence-corrected chi connectivity index (χ2v) is 6.74. The average Bonchev–Trinajstić information content (AvgIpc) is 3.33. The van der Waals surface area contributed by atoms with E-state index in [0.29, 0.717) is 24.6 Å². The van der Waals surface area contributed by atoms with E-state index in [-0.39, 0.29) is 24.6 Å². The van der Waals surface area contributed by atoms with Gasteiger partial charge >= 0.3 is 6.18 Å². The normalized spacial score (nSPS) is 19.9. The van der Waals surface area contributed by atoms with Crippen molar-refractivity contribution in [2.45, 2.75) is 25.4 Å². The van der Waals surface area contributed by atoms with Crippen molar-refractivity contribution in [3.63, 3.8) is 0 Å². The van der Waals surface area contributed by atoms with E-state index in [1.54, 1.807) is 4.90 Å². The lowest BCUT2D eigenvalue weighted by atomic mass is 10.1. The monoisotopic (exact) mass is 386 g/mol. The van der Waals surface area contributed by atoms with Gasteiger partial charge in [-0.2, -0.15) is 13.2 Å². The Labute approximate surface area is 151 Å². The van der Waals surface area contributed by atoms with Gasteiger partial charge in [0.1, 0.15) is 5.69 Å². The molecular weight excluding hydrogens is 369 g/mol. The minimum atomic E-state index is -4.72. The summed E-state index contributed by atoms with van der Waals surface area (Å²) in [5, 5.41) is 11.0. The lowest BCUT2D eigenvalue weighted by Crippen LogP contribution is -2.37. The Morgan fingerprint density at radius 2 is 2.04 bits per heavy atom. The van der Waals surface area contributed by atoms with Crippen LogP contribution in [0.4, 0.5) is 24.5 Å². The summed E-state index contributed by atoms with van der Waals surface area (Å²) in [5.41, 5.74) is 2.29. The van der Waals surface area contributed by atoms with Gasteiger partial charge in [0.15, 0.2) is 0 Å². The molecule has 1 aromatic carbocycles. The number of hydrazine groups is 1. The van der Waals surface area contributed by atoms with E-state index in [1.165, 1.54) is 0 Å². The SMILES string of the molecule is O=C(NNc1ccc(C(F)(F)F)cc1[N+](=O)[O-])[C@H]1CC(=O)N(CC2CC2)C1. The number of nitrogens with zero attached hydrogens (tertiary/aromatic N) is 2. The average molecular weight is 386 g/mol. The van der Waals surface area contributed by atoms with Crippen LogP contribution in [0.2, 0.25) is 0 Å². The number of halogens is 3. The number of hydrogen-bond donors (Lipinski definition) is 2. The number of carbonyl (C=O) groups excluding carboxylic acids is 2. The quantitative estimate of drug-likeness (QED) is 0.577. The van der Waals surface area contributed by atoms with E-state index in [0.717, 1.165) is 18.9 Å². The van der Waals surface area contributed by atoms with Crippen molar-refractivity contribution in [2.75, 3.05) is 18.5 Å². The van der Waals surface area contributed by atoms with Gasteiger partial charge in [-0.1, -0.05) is 0 Å². The summed E-state index contributed by atoms with van der Waals surface area (Å²) in [7, 11) is 0. The van der Waals surface area contributed by atoms with Gasteiger partial charge in [-0.25, -0.2) is 0 Å². The number of anilines is 1. The van der Waals surface area contributed by atoms with Crippen molar-refractivity contribution in [2.24, 2.45) is 11.8 Å². The molecule has 0 unspecified atom stereocenters. The van der Waals surface area contributed by atoms with Crippen LogP contribution in [0.15, 0.2) is 18.2 Å². The highest BCUT2D eigenvalue weighted by Gasteiger charge is 2.37. The fourth-order valence-electron chi connectivity index (χ4n) is 2.93. The summed E-state index contributed by atoms with van der Waals surface area (Å²) in [6.07, 6.45) is -2.54. The molecule has 1 aromatic rings. The van der Waals surface area contributed by atoms with Crippen LogP contribution in [-0.2, 0) is 15.8 Å². The Bertz CT molecular complexity index is 779. The molecule has 0 bridgehead atoms. The lowest BCUT2D eigenvalue weighted by Gasteiger charge is -2.16. The van der Waals surface area contributed by atoms with Crippen LogP contribution in [0.25, 0.3) is 0 Å². The van der Waals surface area contributed by atoms with Gasteiger partial charge in [-0.15, -0.1) is 0 Å². The first-order chi connectivity index (χ1) is 12.6. The molecule has 2 amide bonds. The van der Waals surface area contributed by atoms with Gasteiger partial charge < -0.3 is 4.90 Å². The molecule has 1 heterocycles. The molecule has 3 rings (SSSR count). The van der Waals surface area contributed by atoms with E-state index in [4.69, 9.17) is 0 Å². The van der Waals surface area contributed by atoms with Gasteiger partial charge in [-0.3, -0.25) is 30.6 Å². The van der Waals surface area contributed by atoms with Crippen LogP contribution >= 0.6 is 0 Å². The Morgan fingerprint density at radius 3 is 2.63 bits per heavy atom. The number of hydrogen-bond acceptors (Lipinski definition) is 5. The predicted octanol–water partition coefficient (Wildman–Crippen LogP) is 2.32. The number of amides is 2. The Kier molecular flexibility index (Phi) is 4.94. The smallest absolute Gasteiger partial charge is 0.342 e. The molecule has 11 heteroatoms. The number of nitro groups is 1. The van der Waals surface area contributed by atoms with Crippen molar-refractivity contribution >= 4 is 23.2 Å². The zero-order valence-electron chi connectivity index (χ0n) is 14.1. The topological polar surface area (TPSA) is 105 Å². The van der Waals surface area contributed by atoms with Crippen molar-refractivity contribution < 1.29 is 27.7 Å². The molecule has 2 aliphatic rings. The van der Waals surface area contributed by atoms with Gasteiger partial charge in [-0.05, 0) is 30.9 Å². The zero-order chi connectivity index (χ0) is 19.8. The van der Waals surface area contributed by atoms with E-state index < -0.39 is 34.2 Å². The third kappa shape index (κ3) is 4.47. The number of nitro benzene ring substituents is 1. The molecule has 1 aliphatic heterocycles. The van der Waals surface area contributed by atoms with Gasteiger partial charge in [0.2, 0.25) is 11.8 Å². The fourth-order valence-corrected chi connectivity index (χ4v) is 2.93. The van der Waals surface area contributed by atoms with Crippen LogP contribution in [0.3, 0.4) is 0 Å². The molecular formula is C16H17F3N4O4. The highest BCUT2D eigenvalue weighted by molar-refractivity contribution is 5.90. The van der Waals surface area contributed by atoms with Crippen LogP contribution < -0.4 is 10.9 Å². The van der Waals surface area contributed by atoms with Crippen molar-refractivity contribution in [1.82, 2.24) is 10.3 Å². The van der Waals surface area contributed by atoms with Crippen molar-refractivity contribution in [1.29, 1.82) is 0 Å². The number of rotatable bonds is 6. The zero-order valence-corrected chi connectivity index (χ0v) is 14.1. The predicted molar refractivity (Wildman–Crippen MR) is 87.3 cm³/mol. The highest BCUT2D eigenvalue weighted by Crippen LogP contribution is 2.35. The Hall–Kier alpha value is -2.85. The van der Waals surface area contributed by atoms with E-state index in [9.17, 15) is 32.9 Å². The van der Waals surface area contributed by atoms with Crippen LogP contribution in [0.1, 0.15) is 24.8 Å². The Balaban J connectivity index is 1.63. The standard InChI is InChI=1S/C16H17F3N4O4/c17-16(18,19)11-3-4-12(13(6-11)23(26)27)20-21-15(25)10-5-14(24)22(8-10)7-9-1-2-9/h3-4,6,9-10,20H,1-2,5,7-8H2,(H,21,25)/t10-/m0/s1. The van der Waals surface area contributed by atoms with E-state index >= 15 is 0 Å². The summed E-state index contributed by atoms with van der Waals surface area (Å²) >= 11 is 0. The van der Waals surface area contributed by atoms with Crippen molar-refractivity contribution in [3.05, 3.63) is 33.9 Å². The summed E-state index contributed by atoms with van der Waals surface area (Å²) in [6.45, 7) is 0.887. The molecule has 27 heavy (non-hydrogen) atoms. The van der Waals surface area contributed by atoms with Crippen molar-refractivity contribution in [3.8, 4) is 0 Å². The molecule has 1 atom stereocenters. The maximum Gasteiger partial charge on any atom is 0.416 e. The van der Waals surface area contributed by atoms with Crippen LogP contribution in [0, 0.1) is 22.0 Å². The molecule has 0 spiro atoms. The number of carbonyl (C=O) groups is 2. The number of nitrogens with one attached hydrogen (secondary N) is 2. The summed E-state index contributed by atoms with van der Waals surface area (Å²) in [5.74, 6) is -0.792. The first-order valence-electron chi connectivity index (χ1n) is 8.34. The third-order valence-corrected chi connectivity index (χ3v) is 4.60. The molecule has 1 saturated carbocycles. The van der Waals surface area contributed by atoms with Crippen LogP contribution in [0.5, 0.6) is 0 Å². The summed E-state index contributed by atoms with van der Waals surface area (Å²) < 4.78 is 38.1. The molecule has 2 fully saturated rings. The largest absolute Gasteiger partial charge is 0.416 e. The molecule has 2 N–H and O–H groups in total. The molecule has 0 radical (unpaired) electrons.